The zero-order chi connectivity index (χ0) is 23.5. The number of methoxy groups -OCH3 is 1. The number of primary amides is 1. The minimum absolute atomic E-state index is 0.256. The van der Waals surface area contributed by atoms with Crippen LogP contribution >= 0.6 is 0 Å². The molecule has 0 aliphatic heterocycles. The second-order valence-corrected chi connectivity index (χ2v) is 8.04. The largest absolute Gasteiger partial charge is 0.500 e. The zero-order valence-electron chi connectivity index (χ0n) is 18.9. The quantitative estimate of drug-likeness (QED) is 0.178. The van der Waals surface area contributed by atoms with Crippen LogP contribution in [0.25, 0.3) is 0 Å². The summed E-state index contributed by atoms with van der Waals surface area (Å²) in [6.07, 6.45) is -3.26. The fourth-order valence-electron chi connectivity index (χ4n) is 2.26. The molecule has 12 nitrogen and oxygen atoms in total. The predicted molar refractivity (Wildman–Crippen MR) is 110 cm³/mol. The minimum Gasteiger partial charge on any atom is -0.465 e. The molecule has 30 heavy (non-hydrogen) atoms. The molecule has 180 valence electrons. The van der Waals surface area contributed by atoms with Crippen molar-refractivity contribution >= 4 is 21.0 Å². The van der Waals surface area contributed by atoms with Gasteiger partial charge in [0, 0.05) is 39.5 Å². The first kappa shape index (κ1) is 30.7. The number of carbonyl (C=O) groups is 2. The molecule has 0 aromatic carbocycles. The number of amides is 2. The van der Waals surface area contributed by atoms with E-state index in [4.69, 9.17) is 42.1 Å². The van der Waals surface area contributed by atoms with E-state index in [-0.39, 0.29) is 13.2 Å². The highest BCUT2D eigenvalue weighted by molar-refractivity contribution is 6.60. The standard InChI is InChI=1S/C16H35NO8Si.CH3NO2/c1-7-20-16(19-6,21-8-2)25-15(18)17-13-12-14-26(22-9-3,23-10-4)24-11-5;2-1(3)4/h7-14H2,1-6H3,(H,17,18);2H2,(H,3,4). The molecule has 0 spiro atoms. The maximum atomic E-state index is 12.0. The maximum absolute atomic E-state index is 12.0. The van der Waals surface area contributed by atoms with Crippen molar-refractivity contribution in [3.63, 3.8) is 0 Å². The monoisotopic (exact) mass is 458 g/mol. The van der Waals surface area contributed by atoms with Crippen LogP contribution in [0, 0.1) is 0 Å². The number of hydrogen-bond donors (Lipinski definition) is 3. The van der Waals surface area contributed by atoms with Gasteiger partial charge in [-0.25, -0.2) is 9.59 Å². The zero-order valence-corrected chi connectivity index (χ0v) is 19.9. The highest BCUT2D eigenvalue weighted by Crippen LogP contribution is 2.19. The predicted octanol–water partition coefficient (Wildman–Crippen LogP) is 2.10. The van der Waals surface area contributed by atoms with E-state index in [0.29, 0.717) is 38.8 Å². The van der Waals surface area contributed by atoms with Gasteiger partial charge < -0.3 is 34.2 Å². The third-order valence-electron chi connectivity index (χ3n) is 3.13. The van der Waals surface area contributed by atoms with E-state index in [1.807, 2.05) is 20.8 Å². The summed E-state index contributed by atoms with van der Waals surface area (Å²) in [6.45, 7) is 11.6. The fourth-order valence-corrected chi connectivity index (χ4v) is 4.87. The topological polar surface area (TPSA) is 157 Å². The van der Waals surface area contributed by atoms with Crippen molar-refractivity contribution in [2.75, 3.05) is 46.7 Å². The van der Waals surface area contributed by atoms with Gasteiger partial charge in [-0.05, 0) is 41.0 Å². The molecular formula is C17H38N2O10Si. The molecule has 0 rings (SSSR count). The lowest BCUT2D eigenvalue weighted by Gasteiger charge is -2.29. The van der Waals surface area contributed by atoms with Gasteiger partial charge >= 0.3 is 27.2 Å². The Bertz CT molecular complexity index is 429. The van der Waals surface area contributed by atoms with Gasteiger partial charge in [-0.3, -0.25) is 14.2 Å². The van der Waals surface area contributed by atoms with Crippen LogP contribution in [0.3, 0.4) is 0 Å². The highest BCUT2D eigenvalue weighted by Gasteiger charge is 2.40. The molecule has 0 saturated heterocycles. The van der Waals surface area contributed by atoms with Gasteiger partial charge in [0.1, 0.15) is 0 Å². The summed E-state index contributed by atoms with van der Waals surface area (Å²) >= 11 is 0. The Hall–Kier alpha value is -1.48. The number of ether oxygens (including phenoxy) is 4. The molecule has 0 fully saturated rings. The van der Waals surface area contributed by atoms with E-state index in [1.165, 1.54) is 7.11 Å². The van der Waals surface area contributed by atoms with Crippen molar-refractivity contribution in [2.45, 2.75) is 53.2 Å². The van der Waals surface area contributed by atoms with Crippen LogP contribution in [-0.2, 0) is 32.2 Å². The molecule has 0 aliphatic carbocycles. The molecular weight excluding hydrogens is 420 g/mol. The van der Waals surface area contributed by atoms with Gasteiger partial charge in [-0.15, -0.1) is 0 Å². The van der Waals surface area contributed by atoms with Crippen molar-refractivity contribution in [1.29, 1.82) is 0 Å². The molecule has 0 aliphatic rings. The number of nitrogens with one attached hydrogen (secondary N) is 1. The van der Waals surface area contributed by atoms with E-state index in [2.05, 4.69) is 11.1 Å². The minimum atomic E-state index is -2.71. The Morgan fingerprint density at radius 2 is 1.37 bits per heavy atom. The molecule has 0 saturated carbocycles. The van der Waals surface area contributed by atoms with Gasteiger partial charge in [0.2, 0.25) is 0 Å². The van der Waals surface area contributed by atoms with Gasteiger partial charge in [0.05, 0.1) is 13.2 Å². The summed E-state index contributed by atoms with van der Waals surface area (Å²) < 4.78 is 38.0. The number of hydrogen-bond acceptors (Lipinski definition) is 9. The lowest BCUT2D eigenvalue weighted by molar-refractivity contribution is -0.470. The summed E-state index contributed by atoms with van der Waals surface area (Å²) in [5.41, 5.74) is 4.03. The molecule has 0 atom stereocenters. The van der Waals surface area contributed by atoms with E-state index in [1.54, 1.807) is 13.8 Å². The molecule has 0 aromatic rings. The molecule has 0 radical (unpaired) electrons. The fraction of sp³-hybridized carbons (Fsp3) is 0.882. The van der Waals surface area contributed by atoms with E-state index < -0.39 is 27.2 Å². The summed E-state index contributed by atoms with van der Waals surface area (Å²) in [4.78, 5) is 20.8. The first-order valence-corrected chi connectivity index (χ1v) is 11.8. The van der Waals surface area contributed by atoms with Gasteiger partial charge in [-0.2, -0.15) is 0 Å². The van der Waals surface area contributed by atoms with E-state index in [0.717, 1.165) is 0 Å². The molecule has 0 bridgehead atoms. The van der Waals surface area contributed by atoms with Crippen molar-refractivity contribution < 1.29 is 46.9 Å². The number of rotatable bonds is 16. The van der Waals surface area contributed by atoms with Crippen molar-refractivity contribution in [1.82, 2.24) is 5.32 Å². The van der Waals surface area contributed by atoms with Crippen LogP contribution in [0.15, 0.2) is 0 Å². The Balaban J connectivity index is 0. The Kier molecular flexibility index (Phi) is 18.7. The van der Waals surface area contributed by atoms with Crippen LogP contribution in [0.1, 0.15) is 41.0 Å². The molecule has 0 unspecified atom stereocenters. The first-order chi connectivity index (χ1) is 14.2. The van der Waals surface area contributed by atoms with Crippen LogP contribution in [0.4, 0.5) is 9.59 Å². The average molecular weight is 459 g/mol. The van der Waals surface area contributed by atoms with Crippen LogP contribution in [-0.4, -0.2) is 78.9 Å². The maximum Gasteiger partial charge on any atom is 0.500 e. The molecule has 4 N–H and O–H groups in total. The third kappa shape index (κ3) is 14.5. The Morgan fingerprint density at radius 3 is 1.70 bits per heavy atom. The Labute approximate surface area is 179 Å². The lowest BCUT2D eigenvalue weighted by Crippen LogP contribution is -2.47. The molecule has 0 aromatic heterocycles. The number of carbonyl (C=O) groups excluding carboxylic acids is 1. The van der Waals surface area contributed by atoms with Gasteiger partial charge in [0.25, 0.3) is 0 Å². The van der Waals surface area contributed by atoms with Crippen molar-refractivity contribution in [3.8, 4) is 0 Å². The van der Waals surface area contributed by atoms with E-state index in [9.17, 15) is 4.79 Å². The first-order valence-electron chi connectivity index (χ1n) is 9.90. The summed E-state index contributed by atoms with van der Waals surface area (Å²) in [5.74, 6) is 0. The summed E-state index contributed by atoms with van der Waals surface area (Å²) in [6, 6.07) is 0.592. The molecule has 0 heterocycles. The molecule has 13 heteroatoms. The normalized spacial score (nSPS) is 11.4. The smallest absolute Gasteiger partial charge is 0.465 e. The van der Waals surface area contributed by atoms with Crippen molar-refractivity contribution in [3.05, 3.63) is 0 Å². The van der Waals surface area contributed by atoms with Crippen molar-refractivity contribution in [2.24, 2.45) is 5.73 Å². The van der Waals surface area contributed by atoms with E-state index >= 15 is 0 Å². The highest BCUT2D eigenvalue weighted by atomic mass is 28.4. The lowest BCUT2D eigenvalue weighted by atomic mass is 10.5. The third-order valence-corrected chi connectivity index (χ3v) is 6.28. The average Bonchev–Trinajstić information content (AvgIpc) is 2.66. The number of alkyl carbamates (subject to hydrolysis) is 1. The second kappa shape index (κ2) is 18.3. The van der Waals surface area contributed by atoms with Crippen LogP contribution in [0.5, 0.6) is 0 Å². The Morgan fingerprint density at radius 1 is 0.933 bits per heavy atom. The summed E-state index contributed by atoms with van der Waals surface area (Å²) in [7, 11) is -1.37. The summed E-state index contributed by atoms with van der Waals surface area (Å²) in [5, 5.41) is 9.84. The number of nitrogens with two attached hydrogens (primary N) is 1. The second-order valence-electron chi connectivity index (χ2n) is 5.31. The van der Waals surface area contributed by atoms with Gasteiger partial charge in [0.15, 0.2) is 0 Å². The van der Waals surface area contributed by atoms with Crippen LogP contribution < -0.4 is 11.1 Å². The molecule has 2 amide bonds. The SMILES string of the molecule is CCOC(OC)(OCC)OC(=O)NCCC[Si](OCC)(OCC)OCC.NC(=O)O. The van der Waals surface area contributed by atoms with Crippen LogP contribution in [0.2, 0.25) is 6.04 Å². The number of carboxylic acid groups (broad SMARTS) is 1. The van der Waals surface area contributed by atoms with Gasteiger partial charge in [-0.1, -0.05) is 0 Å².